The zero-order chi connectivity index (χ0) is 16.2. The van der Waals surface area contributed by atoms with E-state index in [2.05, 4.69) is 52.6 Å². The molecule has 126 valence electrons. The van der Waals surface area contributed by atoms with E-state index in [1.54, 1.807) is 0 Å². The Morgan fingerprint density at radius 3 is 2.70 bits per heavy atom. The number of rotatable bonds is 4. The van der Waals surface area contributed by atoms with Crippen molar-refractivity contribution in [3.8, 4) is 0 Å². The number of hydrogen-bond acceptors (Lipinski definition) is 5. The van der Waals surface area contributed by atoms with Crippen molar-refractivity contribution in [3.63, 3.8) is 0 Å². The molecule has 1 aliphatic heterocycles. The molecular formula is C18H29N5. The first-order valence-corrected chi connectivity index (χ1v) is 9.00. The van der Waals surface area contributed by atoms with E-state index in [9.17, 15) is 0 Å². The molecule has 2 heterocycles. The van der Waals surface area contributed by atoms with Gasteiger partial charge in [0, 0.05) is 31.2 Å². The van der Waals surface area contributed by atoms with Gasteiger partial charge in [-0.1, -0.05) is 20.8 Å². The van der Waals surface area contributed by atoms with Crippen LogP contribution in [0.4, 0.5) is 11.5 Å². The van der Waals surface area contributed by atoms with E-state index in [0.717, 1.165) is 30.7 Å². The standard InChI is InChI=1S/C18H29N5/c1-11-15-5-12(18(15,2)3)6-16(11)21-17-7-14(8-20-22-17)23-9-13(10-23)19-4/h7-8,11-13,15-16,19H,5-6,9-10H2,1-4H3,(H,21,22). The average Bonchev–Trinajstić information content (AvgIpc) is 2.48. The summed E-state index contributed by atoms with van der Waals surface area (Å²) in [6.45, 7) is 9.41. The quantitative estimate of drug-likeness (QED) is 0.893. The molecule has 1 aromatic heterocycles. The molecule has 4 fully saturated rings. The summed E-state index contributed by atoms with van der Waals surface area (Å²) in [7, 11) is 2.02. The molecular weight excluding hydrogens is 286 g/mol. The second kappa shape index (κ2) is 5.33. The lowest BCUT2D eigenvalue weighted by Crippen LogP contribution is -2.58. The maximum atomic E-state index is 4.32. The second-order valence-electron chi connectivity index (χ2n) is 8.40. The van der Waals surface area contributed by atoms with Crippen LogP contribution in [0.2, 0.25) is 0 Å². The van der Waals surface area contributed by atoms with E-state index in [0.29, 0.717) is 23.4 Å². The molecule has 3 saturated carbocycles. The van der Waals surface area contributed by atoms with E-state index in [1.807, 2.05) is 13.2 Å². The Morgan fingerprint density at radius 2 is 2.04 bits per heavy atom. The van der Waals surface area contributed by atoms with Gasteiger partial charge in [-0.3, -0.25) is 0 Å². The van der Waals surface area contributed by atoms with Gasteiger partial charge in [-0.25, -0.2) is 0 Å². The fraction of sp³-hybridized carbons (Fsp3) is 0.778. The topological polar surface area (TPSA) is 53.1 Å². The highest BCUT2D eigenvalue weighted by molar-refractivity contribution is 5.54. The lowest BCUT2D eigenvalue weighted by molar-refractivity contribution is -0.105. The smallest absolute Gasteiger partial charge is 0.150 e. The molecule has 4 atom stereocenters. The van der Waals surface area contributed by atoms with Gasteiger partial charge in [0.15, 0.2) is 5.82 Å². The predicted molar refractivity (Wildman–Crippen MR) is 93.7 cm³/mol. The van der Waals surface area contributed by atoms with Gasteiger partial charge in [-0.15, -0.1) is 5.10 Å². The van der Waals surface area contributed by atoms with Gasteiger partial charge in [0.05, 0.1) is 11.9 Å². The molecule has 0 radical (unpaired) electrons. The van der Waals surface area contributed by atoms with Crippen molar-refractivity contribution < 1.29 is 0 Å². The number of aromatic nitrogens is 2. The van der Waals surface area contributed by atoms with Crippen LogP contribution in [-0.4, -0.2) is 42.4 Å². The Balaban J connectivity index is 1.42. The molecule has 3 aliphatic carbocycles. The zero-order valence-corrected chi connectivity index (χ0v) is 14.7. The van der Waals surface area contributed by atoms with Gasteiger partial charge in [0.2, 0.25) is 0 Å². The summed E-state index contributed by atoms with van der Waals surface area (Å²) < 4.78 is 0. The summed E-state index contributed by atoms with van der Waals surface area (Å²) in [4.78, 5) is 2.35. The van der Waals surface area contributed by atoms with Crippen molar-refractivity contribution >= 4 is 11.5 Å². The van der Waals surface area contributed by atoms with Crippen LogP contribution in [0.3, 0.4) is 0 Å². The number of nitrogens with zero attached hydrogens (tertiary/aromatic N) is 3. The normalized spacial score (nSPS) is 35.4. The van der Waals surface area contributed by atoms with Crippen LogP contribution in [0.1, 0.15) is 33.6 Å². The van der Waals surface area contributed by atoms with Crippen LogP contribution in [-0.2, 0) is 0 Å². The molecule has 5 rings (SSSR count). The Bertz CT molecular complexity index is 581. The van der Waals surface area contributed by atoms with E-state index in [-0.39, 0.29) is 0 Å². The maximum absolute atomic E-state index is 4.32. The second-order valence-corrected chi connectivity index (χ2v) is 8.40. The van der Waals surface area contributed by atoms with Crippen molar-refractivity contribution in [1.29, 1.82) is 0 Å². The Labute approximate surface area is 139 Å². The van der Waals surface area contributed by atoms with Crippen LogP contribution in [0.5, 0.6) is 0 Å². The SMILES string of the molecule is CNC1CN(c2cnnc(NC3CC4CC(C3C)C4(C)C)c2)C1. The van der Waals surface area contributed by atoms with Crippen LogP contribution in [0.25, 0.3) is 0 Å². The maximum Gasteiger partial charge on any atom is 0.150 e. The summed E-state index contributed by atoms with van der Waals surface area (Å²) >= 11 is 0. The summed E-state index contributed by atoms with van der Waals surface area (Å²) in [5.41, 5.74) is 1.72. The molecule has 1 saturated heterocycles. The van der Waals surface area contributed by atoms with Crippen LogP contribution < -0.4 is 15.5 Å². The third kappa shape index (κ3) is 2.40. The summed E-state index contributed by atoms with van der Waals surface area (Å²) in [5, 5.41) is 15.5. The number of anilines is 2. The van der Waals surface area contributed by atoms with Crippen molar-refractivity contribution in [1.82, 2.24) is 15.5 Å². The highest BCUT2D eigenvalue weighted by Crippen LogP contribution is 2.61. The summed E-state index contributed by atoms with van der Waals surface area (Å²) in [6.07, 6.45) is 4.56. The minimum absolute atomic E-state index is 0.533. The minimum atomic E-state index is 0.533. The average molecular weight is 315 g/mol. The molecule has 4 unspecified atom stereocenters. The van der Waals surface area contributed by atoms with Crippen molar-refractivity contribution in [2.75, 3.05) is 30.4 Å². The van der Waals surface area contributed by atoms with Gasteiger partial charge >= 0.3 is 0 Å². The summed E-state index contributed by atoms with van der Waals surface area (Å²) in [6, 6.07) is 3.31. The Hall–Kier alpha value is -1.36. The minimum Gasteiger partial charge on any atom is -0.367 e. The van der Waals surface area contributed by atoms with E-state index < -0.39 is 0 Å². The fourth-order valence-electron chi connectivity index (χ4n) is 5.00. The number of fused-ring (bicyclic) bond motifs is 2. The number of likely N-dealkylation sites (N-methyl/N-ethyl adjacent to an activating group) is 1. The molecule has 4 aliphatic rings. The number of nitrogens with one attached hydrogen (secondary N) is 2. The van der Waals surface area contributed by atoms with Gasteiger partial charge in [0.1, 0.15) is 0 Å². The molecule has 2 bridgehead atoms. The van der Waals surface area contributed by atoms with E-state index in [4.69, 9.17) is 0 Å². The van der Waals surface area contributed by atoms with Crippen molar-refractivity contribution in [2.24, 2.45) is 23.2 Å². The molecule has 0 spiro atoms. The fourth-order valence-corrected chi connectivity index (χ4v) is 5.00. The van der Waals surface area contributed by atoms with Crippen molar-refractivity contribution in [3.05, 3.63) is 12.3 Å². The molecule has 23 heavy (non-hydrogen) atoms. The molecule has 0 aromatic carbocycles. The lowest BCUT2D eigenvalue weighted by atomic mass is 9.45. The molecule has 5 heteroatoms. The van der Waals surface area contributed by atoms with Crippen LogP contribution in [0.15, 0.2) is 12.3 Å². The highest BCUT2D eigenvalue weighted by Gasteiger charge is 2.56. The van der Waals surface area contributed by atoms with Gasteiger partial charge in [-0.2, -0.15) is 5.10 Å². The van der Waals surface area contributed by atoms with E-state index >= 15 is 0 Å². The third-order valence-corrected chi connectivity index (χ3v) is 6.98. The monoisotopic (exact) mass is 315 g/mol. The third-order valence-electron chi connectivity index (χ3n) is 6.98. The molecule has 0 amide bonds. The Morgan fingerprint density at radius 1 is 1.26 bits per heavy atom. The van der Waals surface area contributed by atoms with E-state index in [1.165, 1.54) is 18.5 Å². The summed E-state index contributed by atoms with van der Waals surface area (Å²) in [5.74, 6) is 3.36. The van der Waals surface area contributed by atoms with Gasteiger partial charge < -0.3 is 15.5 Å². The Kier molecular flexibility index (Phi) is 3.52. The first kappa shape index (κ1) is 15.2. The molecule has 1 aromatic rings. The van der Waals surface area contributed by atoms with Crippen LogP contribution in [0, 0.1) is 23.2 Å². The number of hydrogen-bond donors (Lipinski definition) is 2. The first-order valence-electron chi connectivity index (χ1n) is 9.00. The molecule has 5 nitrogen and oxygen atoms in total. The van der Waals surface area contributed by atoms with Crippen LogP contribution >= 0.6 is 0 Å². The highest BCUT2D eigenvalue weighted by atomic mass is 15.3. The lowest BCUT2D eigenvalue weighted by Gasteiger charge is -2.62. The largest absolute Gasteiger partial charge is 0.367 e. The molecule has 2 N–H and O–H groups in total. The first-order chi connectivity index (χ1) is 11.0. The van der Waals surface area contributed by atoms with Gasteiger partial charge in [0.25, 0.3) is 0 Å². The zero-order valence-electron chi connectivity index (χ0n) is 14.7. The van der Waals surface area contributed by atoms with Gasteiger partial charge in [-0.05, 0) is 43.1 Å². The van der Waals surface area contributed by atoms with Crippen molar-refractivity contribution in [2.45, 2.75) is 45.7 Å². The predicted octanol–water partition coefficient (Wildman–Crippen LogP) is 2.37.